The zero-order valence-corrected chi connectivity index (χ0v) is 12.6. The number of benzene rings is 2. The number of hydrogen-bond acceptors (Lipinski definition) is 2. The highest BCUT2D eigenvalue weighted by Gasteiger charge is 2.09. The minimum Gasteiger partial charge on any atom is -0.397 e. The van der Waals surface area contributed by atoms with E-state index in [4.69, 9.17) is 5.73 Å². The van der Waals surface area contributed by atoms with Crippen molar-refractivity contribution in [3.63, 3.8) is 0 Å². The van der Waals surface area contributed by atoms with Gasteiger partial charge in [-0.3, -0.25) is 4.79 Å². The second-order valence-electron chi connectivity index (χ2n) is 5.36. The summed E-state index contributed by atoms with van der Waals surface area (Å²) in [7, 11) is 0. The second-order valence-corrected chi connectivity index (χ2v) is 5.36. The highest BCUT2D eigenvalue weighted by molar-refractivity contribution is 5.95. The van der Waals surface area contributed by atoms with E-state index in [1.807, 2.05) is 44.2 Å². The van der Waals surface area contributed by atoms with Crippen LogP contribution in [0.5, 0.6) is 0 Å². The van der Waals surface area contributed by atoms with Crippen LogP contribution in [0.3, 0.4) is 0 Å². The minimum atomic E-state index is 0.0198. The first-order chi connectivity index (χ1) is 10.1. The molecular formula is C18H22N2O. The lowest BCUT2D eigenvalue weighted by molar-refractivity contribution is -0.116. The fraction of sp³-hybridized carbons (Fsp3) is 0.278. The van der Waals surface area contributed by atoms with Gasteiger partial charge in [0.15, 0.2) is 0 Å². The summed E-state index contributed by atoms with van der Waals surface area (Å²) in [6.45, 7) is 3.99. The van der Waals surface area contributed by atoms with Crippen molar-refractivity contribution >= 4 is 17.3 Å². The molecule has 0 saturated heterocycles. The maximum atomic E-state index is 12.1. The number of anilines is 2. The van der Waals surface area contributed by atoms with Gasteiger partial charge in [0.25, 0.3) is 0 Å². The average molecular weight is 282 g/mol. The van der Waals surface area contributed by atoms with Gasteiger partial charge in [-0.25, -0.2) is 0 Å². The lowest BCUT2D eigenvalue weighted by Gasteiger charge is -2.13. The number of nitrogens with two attached hydrogens (primary N) is 1. The molecule has 0 aliphatic heterocycles. The number of carbonyl (C=O) groups is 1. The summed E-state index contributed by atoms with van der Waals surface area (Å²) < 4.78 is 0. The maximum Gasteiger partial charge on any atom is 0.224 e. The smallest absolute Gasteiger partial charge is 0.224 e. The lowest BCUT2D eigenvalue weighted by Crippen LogP contribution is -2.14. The zero-order chi connectivity index (χ0) is 15.2. The third kappa shape index (κ3) is 4.09. The Bertz CT molecular complexity index is 621. The van der Waals surface area contributed by atoms with Crippen LogP contribution in [0.25, 0.3) is 0 Å². The van der Waals surface area contributed by atoms with Gasteiger partial charge in [-0.1, -0.05) is 36.4 Å². The molecule has 2 rings (SSSR count). The summed E-state index contributed by atoms with van der Waals surface area (Å²) in [6.07, 6.45) is 2.25. The van der Waals surface area contributed by atoms with Gasteiger partial charge < -0.3 is 11.1 Å². The Morgan fingerprint density at radius 2 is 1.81 bits per heavy atom. The van der Waals surface area contributed by atoms with E-state index in [2.05, 4.69) is 17.4 Å². The number of nitrogens with one attached hydrogen (secondary N) is 1. The Balaban J connectivity index is 1.89. The molecule has 0 aliphatic carbocycles. The summed E-state index contributed by atoms with van der Waals surface area (Å²) in [4.78, 5) is 12.1. The van der Waals surface area contributed by atoms with Crippen LogP contribution in [0.1, 0.15) is 29.5 Å². The monoisotopic (exact) mass is 282 g/mol. The minimum absolute atomic E-state index is 0.0198. The van der Waals surface area contributed by atoms with Crippen molar-refractivity contribution in [2.45, 2.75) is 33.1 Å². The van der Waals surface area contributed by atoms with Gasteiger partial charge in [-0.05, 0) is 49.4 Å². The molecule has 3 heteroatoms. The van der Waals surface area contributed by atoms with E-state index >= 15 is 0 Å². The van der Waals surface area contributed by atoms with Crippen molar-refractivity contribution in [3.05, 3.63) is 59.2 Å². The van der Waals surface area contributed by atoms with E-state index in [1.165, 1.54) is 5.56 Å². The van der Waals surface area contributed by atoms with Gasteiger partial charge in [-0.15, -0.1) is 0 Å². The third-order valence-corrected chi connectivity index (χ3v) is 3.74. The quantitative estimate of drug-likeness (QED) is 0.818. The molecule has 110 valence electrons. The second kappa shape index (κ2) is 6.93. The molecule has 3 nitrogen and oxygen atoms in total. The molecule has 3 N–H and O–H groups in total. The number of hydrogen-bond donors (Lipinski definition) is 2. The Hall–Kier alpha value is -2.29. The summed E-state index contributed by atoms with van der Waals surface area (Å²) in [5.41, 5.74) is 10.7. The van der Waals surface area contributed by atoms with Gasteiger partial charge in [0.05, 0.1) is 11.4 Å². The first kappa shape index (κ1) is 15.1. The van der Waals surface area contributed by atoms with Crippen LogP contribution in [0, 0.1) is 13.8 Å². The maximum absolute atomic E-state index is 12.1. The van der Waals surface area contributed by atoms with Gasteiger partial charge >= 0.3 is 0 Å². The Morgan fingerprint density at radius 1 is 1.10 bits per heavy atom. The standard InChI is InChI=1S/C18H22N2O/c1-13-11-12-16(19)18(14(13)2)20-17(21)10-6-9-15-7-4-3-5-8-15/h3-5,7-8,11-12H,6,9-10,19H2,1-2H3,(H,20,21). The predicted octanol–water partition coefficient (Wildman–Crippen LogP) is 3.85. The summed E-state index contributed by atoms with van der Waals surface area (Å²) in [5, 5.41) is 2.94. The number of nitrogen functional groups attached to an aromatic ring is 1. The number of carbonyl (C=O) groups excluding carboxylic acids is 1. The normalized spacial score (nSPS) is 10.4. The molecule has 2 aromatic carbocycles. The highest BCUT2D eigenvalue weighted by atomic mass is 16.1. The molecular weight excluding hydrogens is 260 g/mol. The third-order valence-electron chi connectivity index (χ3n) is 3.74. The Labute approximate surface area is 126 Å². The van der Waals surface area contributed by atoms with Crippen LogP contribution in [-0.2, 0) is 11.2 Å². The molecule has 0 aromatic heterocycles. The fourth-order valence-electron chi connectivity index (χ4n) is 2.30. The van der Waals surface area contributed by atoms with E-state index in [-0.39, 0.29) is 5.91 Å². The molecule has 0 saturated carbocycles. The van der Waals surface area contributed by atoms with E-state index in [9.17, 15) is 4.79 Å². The predicted molar refractivity (Wildman–Crippen MR) is 88.3 cm³/mol. The van der Waals surface area contributed by atoms with Gasteiger partial charge in [0, 0.05) is 6.42 Å². The summed E-state index contributed by atoms with van der Waals surface area (Å²) in [6, 6.07) is 14.0. The van der Waals surface area contributed by atoms with Crippen LogP contribution < -0.4 is 11.1 Å². The molecule has 0 fully saturated rings. The number of rotatable bonds is 5. The van der Waals surface area contributed by atoms with Gasteiger partial charge in [0.1, 0.15) is 0 Å². The molecule has 2 aromatic rings. The van der Waals surface area contributed by atoms with Crippen LogP contribution in [-0.4, -0.2) is 5.91 Å². The van der Waals surface area contributed by atoms with Crippen molar-refractivity contribution in [2.75, 3.05) is 11.1 Å². The molecule has 0 spiro atoms. The first-order valence-corrected chi connectivity index (χ1v) is 7.27. The van der Waals surface area contributed by atoms with E-state index in [1.54, 1.807) is 0 Å². The topological polar surface area (TPSA) is 55.1 Å². The molecule has 0 unspecified atom stereocenters. The molecule has 1 amide bonds. The number of amides is 1. The van der Waals surface area contributed by atoms with Crippen molar-refractivity contribution in [1.82, 2.24) is 0 Å². The van der Waals surface area contributed by atoms with Gasteiger partial charge in [0.2, 0.25) is 5.91 Å². The largest absolute Gasteiger partial charge is 0.397 e. The van der Waals surface area contributed by atoms with Gasteiger partial charge in [-0.2, -0.15) is 0 Å². The van der Waals surface area contributed by atoms with Crippen LogP contribution >= 0.6 is 0 Å². The summed E-state index contributed by atoms with van der Waals surface area (Å²) >= 11 is 0. The van der Waals surface area contributed by atoms with Crippen LogP contribution in [0.2, 0.25) is 0 Å². The van der Waals surface area contributed by atoms with E-state index in [0.717, 1.165) is 29.7 Å². The SMILES string of the molecule is Cc1ccc(N)c(NC(=O)CCCc2ccccc2)c1C. The Morgan fingerprint density at radius 3 is 2.52 bits per heavy atom. The first-order valence-electron chi connectivity index (χ1n) is 7.27. The van der Waals surface area contributed by atoms with E-state index in [0.29, 0.717) is 12.1 Å². The fourth-order valence-corrected chi connectivity index (χ4v) is 2.30. The van der Waals surface area contributed by atoms with Crippen molar-refractivity contribution < 1.29 is 4.79 Å². The Kier molecular flexibility index (Phi) is 4.99. The molecule has 0 bridgehead atoms. The lowest BCUT2D eigenvalue weighted by atomic mass is 10.1. The molecule has 0 atom stereocenters. The zero-order valence-electron chi connectivity index (χ0n) is 12.6. The molecule has 0 heterocycles. The molecule has 21 heavy (non-hydrogen) atoms. The van der Waals surface area contributed by atoms with Crippen molar-refractivity contribution in [2.24, 2.45) is 0 Å². The number of aryl methyl sites for hydroxylation is 2. The van der Waals surface area contributed by atoms with Crippen LogP contribution in [0.15, 0.2) is 42.5 Å². The van der Waals surface area contributed by atoms with Crippen molar-refractivity contribution in [1.29, 1.82) is 0 Å². The average Bonchev–Trinajstić information content (AvgIpc) is 2.49. The summed E-state index contributed by atoms with van der Waals surface area (Å²) in [5.74, 6) is 0.0198. The highest BCUT2D eigenvalue weighted by Crippen LogP contribution is 2.26. The van der Waals surface area contributed by atoms with E-state index < -0.39 is 0 Å². The molecule has 0 radical (unpaired) electrons. The van der Waals surface area contributed by atoms with Crippen molar-refractivity contribution in [3.8, 4) is 0 Å². The molecule has 0 aliphatic rings. The van der Waals surface area contributed by atoms with Crippen LogP contribution in [0.4, 0.5) is 11.4 Å².